The van der Waals surface area contributed by atoms with E-state index in [1.54, 1.807) is 6.07 Å². The molecule has 3 unspecified atom stereocenters. The topological polar surface area (TPSA) is 62.8 Å². The van der Waals surface area contributed by atoms with E-state index in [0.717, 1.165) is 24.2 Å². The molecule has 134 valence electrons. The predicted molar refractivity (Wildman–Crippen MR) is 97.8 cm³/mol. The van der Waals surface area contributed by atoms with E-state index in [1.807, 2.05) is 42.5 Å². The van der Waals surface area contributed by atoms with Gasteiger partial charge in [0.2, 0.25) is 0 Å². The SMILES string of the molecule is CCCCOc1ccc(C2NNC(C)C2Oc2ccccc2)c(O)c1. The van der Waals surface area contributed by atoms with Crippen LogP contribution in [0.5, 0.6) is 17.2 Å². The quantitative estimate of drug-likeness (QED) is 0.672. The first-order valence-corrected chi connectivity index (χ1v) is 8.87. The maximum atomic E-state index is 10.5. The molecule has 1 aliphatic rings. The van der Waals surface area contributed by atoms with E-state index >= 15 is 0 Å². The van der Waals surface area contributed by atoms with Crippen molar-refractivity contribution in [1.29, 1.82) is 0 Å². The fourth-order valence-corrected chi connectivity index (χ4v) is 2.97. The molecule has 2 aromatic rings. The molecule has 0 spiro atoms. The molecule has 3 rings (SSSR count). The highest BCUT2D eigenvalue weighted by Gasteiger charge is 2.37. The molecule has 1 fully saturated rings. The first-order chi connectivity index (χ1) is 12.2. The fraction of sp³-hybridized carbons (Fsp3) is 0.400. The zero-order valence-corrected chi connectivity index (χ0v) is 14.7. The van der Waals surface area contributed by atoms with E-state index in [0.29, 0.717) is 12.4 Å². The highest BCUT2D eigenvalue weighted by atomic mass is 16.5. The third-order valence-corrected chi connectivity index (χ3v) is 4.41. The molecule has 5 nitrogen and oxygen atoms in total. The van der Waals surface area contributed by atoms with Gasteiger partial charge in [-0.15, -0.1) is 0 Å². The molecule has 2 aromatic carbocycles. The van der Waals surface area contributed by atoms with E-state index in [1.165, 1.54) is 0 Å². The molecule has 5 heteroatoms. The Morgan fingerprint density at radius 2 is 1.84 bits per heavy atom. The third-order valence-electron chi connectivity index (χ3n) is 4.41. The first-order valence-electron chi connectivity index (χ1n) is 8.87. The smallest absolute Gasteiger partial charge is 0.136 e. The Kier molecular flexibility index (Phi) is 5.79. The van der Waals surface area contributed by atoms with E-state index in [2.05, 4.69) is 24.7 Å². The number of para-hydroxylation sites is 1. The number of phenolic OH excluding ortho intramolecular Hbond substituents is 1. The summed E-state index contributed by atoms with van der Waals surface area (Å²) in [7, 11) is 0. The van der Waals surface area contributed by atoms with Crippen molar-refractivity contribution in [2.75, 3.05) is 6.61 Å². The van der Waals surface area contributed by atoms with Gasteiger partial charge >= 0.3 is 0 Å². The Hall–Kier alpha value is -2.24. The van der Waals surface area contributed by atoms with Crippen LogP contribution in [0.15, 0.2) is 48.5 Å². The number of hydrogen-bond acceptors (Lipinski definition) is 5. The average Bonchev–Trinajstić information content (AvgIpc) is 2.97. The van der Waals surface area contributed by atoms with Crippen LogP contribution >= 0.6 is 0 Å². The lowest BCUT2D eigenvalue weighted by molar-refractivity contribution is 0.170. The Balaban J connectivity index is 1.75. The summed E-state index contributed by atoms with van der Waals surface area (Å²) in [4.78, 5) is 0. The number of hydrogen-bond donors (Lipinski definition) is 3. The molecule has 3 N–H and O–H groups in total. The minimum absolute atomic E-state index is 0.102. The number of hydrazine groups is 1. The normalized spacial score (nSPS) is 22.7. The summed E-state index contributed by atoms with van der Waals surface area (Å²) in [6, 6.07) is 15.2. The minimum atomic E-state index is -0.153. The van der Waals surface area contributed by atoms with Crippen molar-refractivity contribution in [3.8, 4) is 17.2 Å². The molecule has 0 aliphatic carbocycles. The lowest BCUT2D eigenvalue weighted by Crippen LogP contribution is -2.33. The van der Waals surface area contributed by atoms with Gasteiger partial charge in [0.25, 0.3) is 0 Å². The molecule has 0 saturated carbocycles. The van der Waals surface area contributed by atoms with Crippen LogP contribution in [-0.4, -0.2) is 23.9 Å². The van der Waals surface area contributed by atoms with E-state index in [-0.39, 0.29) is 23.9 Å². The van der Waals surface area contributed by atoms with Gasteiger partial charge in [0.1, 0.15) is 23.4 Å². The summed E-state index contributed by atoms with van der Waals surface area (Å²) in [5.41, 5.74) is 7.23. The zero-order chi connectivity index (χ0) is 17.6. The summed E-state index contributed by atoms with van der Waals surface area (Å²) in [5.74, 6) is 1.71. The van der Waals surface area contributed by atoms with Crippen molar-refractivity contribution in [2.45, 2.75) is 44.9 Å². The summed E-state index contributed by atoms with van der Waals surface area (Å²) in [6.45, 7) is 4.84. The number of ether oxygens (including phenoxy) is 2. The summed E-state index contributed by atoms with van der Waals surface area (Å²) in [6.07, 6.45) is 1.94. The largest absolute Gasteiger partial charge is 0.507 e. The highest BCUT2D eigenvalue weighted by molar-refractivity contribution is 5.42. The van der Waals surface area contributed by atoms with Crippen molar-refractivity contribution in [1.82, 2.24) is 10.9 Å². The van der Waals surface area contributed by atoms with Crippen molar-refractivity contribution in [3.05, 3.63) is 54.1 Å². The van der Waals surface area contributed by atoms with Gasteiger partial charge in [-0.25, -0.2) is 5.43 Å². The lowest BCUT2D eigenvalue weighted by atomic mass is 9.98. The van der Waals surface area contributed by atoms with Crippen molar-refractivity contribution in [2.24, 2.45) is 0 Å². The second kappa shape index (κ2) is 8.23. The van der Waals surface area contributed by atoms with E-state index < -0.39 is 0 Å². The van der Waals surface area contributed by atoms with Crippen molar-refractivity contribution < 1.29 is 14.6 Å². The second-order valence-corrected chi connectivity index (χ2v) is 6.37. The third kappa shape index (κ3) is 4.24. The van der Waals surface area contributed by atoms with Gasteiger partial charge in [0.15, 0.2) is 0 Å². The van der Waals surface area contributed by atoms with Gasteiger partial charge in [-0.05, 0) is 37.6 Å². The number of nitrogens with one attached hydrogen (secondary N) is 2. The number of rotatable bonds is 7. The van der Waals surface area contributed by atoms with Crippen LogP contribution < -0.4 is 20.3 Å². The van der Waals surface area contributed by atoms with Crippen LogP contribution in [0, 0.1) is 0 Å². The molecular weight excluding hydrogens is 316 g/mol. The van der Waals surface area contributed by atoms with Gasteiger partial charge < -0.3 is 14.6 Å². The molecule has 1 saturated heterocycles. The molecular formula is C20H26N2O3. The average molecular weight is 342 g/mol. The first kappa shape index (κ1) is 17.6. The Morgan fingerprint density at radius 1 is 1.04 bits per heavy atom. The molecule has 0 aromatic heterocycles. The standard InChI is InChI=1S/C20H26N2O3/c1-3-4-12-24-16-10-11-17(18(23)13-16)19-20(14(2)21-22-19)25-15-8-6-5-7-9-15/h5-11,13-14,19-23H,3-4,12H2,1-2H3. The number of phenols is 1. The summed E-state index contributed by atoms with van der Waals surface area (Å²) < 4.78 is 11.8. The predicted octanol–water partition coefficient (Wildman–Crippen LogP) is 3.56. The Bertz CT molecular complexity index is 678. The maximum absolute atomic E-state index is 10.5. The van der Waals surface area contributed by atoms with Crippen LogP contribution in [0.3, 0.4) is 0 Å². The molecule has 0 radical (unpaired) electrons. The minimum Gasteiger partial charge on any atom is -0.507 e. The molecule has 1 aliphatic heterocycles. The second-order valence-electron chi connectivity index (χ2n) is 6.37. The molecule has 0 amide bonds. The van der Waals surface area contributed by atoms with E-state index in [9.17, 15) is 5.11 Å². The van der Waals surface area contributed by atoms with Gasteiger partial charge in [0, 0.05) is 11.6 Å². The lowest BCUT2D eigenvalue weighted by Gasteiger charge is -2.23. The van der Waals surface area contributed by atoms with Crippen LogP contribution in [0.2, 0.25) is 0 Å². The summed E-state index contributed by atoms with van der Waals surface area (Å²) in [5, 5.41) is 10.5. The maximum Gasteiger partial charge on any atom is 0.136 e. The molecule has 25 heavy (non-hydrogen) atoms. The van der Waals surface area contributed by atoms with Crippen LogP contribution in [-0.2, 0) is 0 Å². The van der Waals surface area contributed by atoms with Gasteiger partial charge in [-0.1, -0.05) is 31.5 Å². The van der Waals surface area contributed by atoms with Gasteiger partial charge in [0.05, 0.1) is 18.7 Å². The molecule has 0 bridgehead atoms. The highest BCUT2D eigenvalue weighted by Crippen LogP contribution is 2.34. The van der Waals surface area contributed by atoms with E-state index in [4.69, 9.17) is 9.47 Å². The Labute approximate surface area is 148 Å². The van der Waals surface area contributed by atoms with Crippen LogP contribution in [0.25, 0.3) is 0 Å². The molecule has 3 atom stereocenters. The monoisotopic (exact) mass is 342 g/mol. The Morgan fingerprint density at radius 3 is 2.56 bits per heavy atom. The van der Waals surface area contributed by atoms with Gasteiger partial charge in [-0.2, -0.15) is 0 Å². The number of unbranched alkanes of at least 4 members (excludes halogenated alkanes) is 1. The van der Waals surface area contributed by atoms with Crippen LogP contribution in [0.4, 0.5) is 0 Å². The number of aromatic hydroxyl groups is 1. The van der Waals surface area contributed by atoms with Crippen molar-refractivity contribution in [3.63, 3.8) is 0 Å². The molecule has 1 heterocycles. The zero-order valence-electron chi connectivity index (χ0n) is 14.7. The fourth-order valence-electron chi connectivity index (χ4n) is 2.97. The summed E-state index contributed by atoms with van der Waals surface area (Å²) >= 11 is 0. The van der Waals surface area contributed by atoms with Crippen molar-refractivity contribution >= 4 is 0 Å². The van der Waals surface area contributed by atoms with Crippen LogP contribution in [0.1, 0.15) is 38.3 Å². The number of benzene rings is 2. The van der Waals surface area contributed by atoms with Gasteiger partial charge in [-0.3, -0.25) is 5.43 Å².